The molecule has 0 aliphatic carbocycles. The molecule has 5 amide bonds. The summed E-state index contributed by atoms with van der Waals surface area (Å²) in [5.74, 6) is -4.29. The van der Waals surface area contributed by atoms with Crippen molar-refractivity contribution in [1.29, 1.82) is 0 Å². The normalized spacial score (nSPS) is 16.7. The number of rotatable bonds is 17. The standard InChI is InChI=1S/C34H38F3N7O8/c1-3-43(19-20(2)39-29(46)22-9-7-21(8-10-22)28-41-33(52-42-28)34(35,36)37)14-16-51-18-17-50-15-13-38-24-6-4-5-23-27(24)32(49)44(31(23)48)25-11-12-26(45)40-30(25)47/h4-10,20,25,38H,3,11-19H2,1-2H3,(H,39,46)(H,40,45,47)/t20-,25?/m1/s1. The van der Waals surface area contributed by atoms with E-state index in [-0.39, 0.29) is 47.3 Å². The fraction of sp³-hybridized carbons (Fsp3) is 0.441. The summed E-state index contributed by atoms with van der Waals surface area (Å²) in [6.07, 6.45) is -4.63. The summed E-state index contributed by atoms with van der Waals surface area (Å²) in [6, 6.07) is 9.43. The summed E-state index contributed by atoms with van der Waals surface area (Å²) < 4.78 is 53.8. The lowest BCUT2D eigenvalue weighted by atomic mass is 10.0. The second-order valence-electron chi connectivity index (χ2n) is 12.1. The van der Waals surface area contributed by atoms with E-state index in [1.165, 1.54) is 30.3 Å². The van der Waals surface area contributed by atoms with Crippen LogP contribution in [-0.4, -0.2) is 114 Å². The summed E-state index contributed by atoms with van der Waals surface area (Å²) in [7, 11) is 0. The number of nitrogens with one attached hydrogen (secondary N) is 3. The van der Waals surface area contributed by atoms with Gasteiger partial charge >= 0.3 is 12.1 Å². The molecule has 52 heavy (non-hydrogen) atoms. The zero-order valence-electron chi connectivity index (χ0n) is 28.5. The van der Waals surface area contributed by atoms with Gasteiger partial charge in [0.25, 0.3) is 17.7 Å². The predicted octanol–water partition coefficient (Wildman–Crippen LogP) is 2.74. The van der Waals surface area contributed by atoms with Crippen LogP contribution in [0.1, 0.15) is 63.7 Å². The van der Waals surface area contributed by atoms with Crippen LogP contribution in [0.2, 0.25) is 0 Å². The van der Waals surface area contributed by atoms with Crippen molar-refractivity contribution in [2.45, 2.75) is 44.9 Å². The number of piperidine rings is 1. The molecule has 0 radical (unpaired) electrons. The third-order valence-electron chi connectivity index (χ3n) is 8.38. The van der Waals surface area contributed by atoms with Gasteiger partial charge in [-0.2, -0.15) is 18.2 Å². The molecular formula is C34H38F3N7O8. The topological polar surface area (TPSA) is 185 Å². The Bertz CT molecular complexity index is 1780. The monoisotopic (exact) mass is 729 g/mol. The van der Waals surface area contributed by atoms with Crippen molar-refractivity contribution >= 4 is 35.2 Å². The summed E-state index contributed by atoms with van der Waals surface area (Å²) in [6.45, 7) is 7.46. The molecule has 18 heteroatoms. The molecule has 1 unspecified atom stereocenters. The molecule has 3 heterocycles. The number of imide groups is 2. The van der Waals surface area contributed by atoms with E-state index in [1.807, 2.05) is 13.8 Å². The number of amides is 5. The number of anilines is 1. The van der Waals surface area contributed by atoms with Crippen LogP contribution < -0.4 is 16.0 Å². The number of carbonyl (C=O) groups excluding carboxylic acids is 5. The Morgan fingerprint density at radius 1 is 1.06 bits per heavy atom. The van der Waals surface area contributed by atoms with Gasteiger partial charge in [-0.3, -0.25) is 39.1 Å². The molecule has 0 spiro atoms. The molecule has 2 aromatic carbocycles. The molecule has 2 aliphatic rings. The van der Waals surface area contributed by atoms with Gasteiger partial charge in [0.15, 0.2) is 0 Å². The third kappa shape index (κ3) is 9.17. The molecule has 3 N–H and O–H groups in total. The first-order chi connectivity index (χ1) is 24.9. The van der Waals surface area contributed by atoms with Gasteiger partial charge in [-0.1, -0.05) is 30.3 Å². The van der Waals surface area contributed by atoms with Crippen LogP contribution in [0.15, 0.2) is 47.0 Å². The predicted molar refractivity (Wildman–Crippen MR) is 177 cm³/mol. The molecule has 3 aromatic rings. The summed E-state index contributed by atoms with van der Waals surface area (Å²) in [5, 5.41) is 11.6. The molecule has 15 nitrogen and oxygen atoms in total. The summed E-state index contributed by atoms with van der Waals surface area (Å²) in [5.41, 5.74) is 1.41. The van der Waals surface area contributed by atoms with Crippen molar-refractivity contribution in [1.82, 2.24) is 30.6 Å². The zero-order valence-corrected chi connectivity index (χ0v) is 28.5. The van der Waals surface area contributed by atoms with E-state index >= 15 is 0 Å². The first-order valence-corrected chi connectivity index (χ1v) is 16.7. The minimum absolute atomic E-state index is 0.0423. The fourth-order valence-corrected chi connectivity index (χ4v) is 5.78. The number of alkyl halides is 3. The molecule has 2 aliphatic heterocycles. The van der Waals surface area contributed by atoms with Crippen LogP contribution >= 0.6 is 0 Å². The minimum atomic E-state index is -4.75. The van der Waals surface area contributed by atoms with E-state index in [1.54, 1.807) is 12.1 Å². The smallest absolute Gasteiger partial charge is 0.382 e. The SMILES string of the molecule is CCN(CCOCCOCCNc1cccc2c1C(=O)N(C1CCC(=O)NC1=O)C2=O)C[C@@H](C)NC(=O)c1ccc(-c2noc(C(F)(F)F)n2)cc1. The van der Waals surface area contributed by atoms with Crippen LogP contribution in [0.25, 0.3) is 11.4 Å². The number of hydrogen-bond acceptors (Lipinski definition) is 12. The summed E-state index contributed by atoms with van der Waals surface area (Å²) >= 11 is 0. The number of aromatic nitrogens is 2. The van der Waals surface area contributed by atoms with E-state index in [4.69, 9.17) is 9.47 Å². The lowest BCUT2D eigenvalue weighted by molar-refractivity contribution is -0.159. The maximum atomic E-state index is 13.2. The highest BCUT2D eigenvalue weighted by Crippen LogP contribution is 2.32. The van der Waals surface area contributed by atoms with Crippen molar-refractivity contribution in [2.24, 2.45) is 0 Å². The average Bonchev–Trinajstić information content (AvgIpc) is 3.71. The first kappa shape index (κ1) is 38.0. The highest BCUT2D eigenvalue weighted by Gasteiger charge is 2.45. The largest absolute Gasteiger partial charge is 0.471 e. The van der Waals surface area contributed by atoms with E-state index < -0.39 is 41.7 Å². The van der Waals surface area contributed by atoms with Crippen LogP contribution in [-0.2, 0) is 25.2 Å². The minimum Gasteiger partial charge on any atom is -0.382 e. The van der Waals surface area contributed by atoms with Crippen LogP contribution in [0.3, 0.4) is 0 Å². The number of fused-ring (bicyclic) bond motifs is 1. The summed E-state index contributed by atoms with van der Waals surface area (Å²) in [4.78, 5) is 69.2. The maximum absolute atomic E-state index is 13.2. The molecule has 0 bridgehead atoms. The van der Waals surface area contributed by atoms with Gasteiger partial charge in [-0.15, -0.1) is 0 Å². The molecule has 2 atom stereocenters. The quantitative estimate of drug-likeness (QED) is 0.137. The Labute approximate surface area is 296 Å². The van der Waals surface area contributed by atoms with Gasteiger partial charge in [0.05, 0.1) is 37.6 Å². The molecule has 5 rings (SSSR count). The number of benzene rings is 2. The van der Waals surface area contributed by atoms with Crippen LogP contribution in [0.5, 0.6) is 0 Å². The third-order valence-corrected chi connectivity index (χ3v) is 8.38. The van der Waals surface area contributed by atoms with Crippen LogP contribution in [0.4, 0.5) is 18.9 Å². The molecule has 1 aromatic heterocycles. The van der Waals surface area contributed by atoms with Gasteiger partial charge in [-0.25, -0.2) is 0 Å². The Hall–Kier alpha value is -5.20. The van der Waals surface area contributed by atoms with E-state index in [0.717, 1.165) is 4.90 Å². The Kier molecular flexibility index (Phi) is 12.3. The highest BCUT2D eigenvalue weighted by atomic mass is 19.4. The number of likely N-dealkylation sites (N-methyl/N-ethyl adjacent to an activating group) is 1. The highest BCUT2D eigenvalue weighted by molar-refractivity contribution is 6.25. The molecule has 1 saturated heterocycles. The Balaban J connectivity index is 0.963. The lowest BCUT2D eigenvalue weighted by Crippen LogP contribution is -2.54. The number of ether oxygens (including phenoxy) is 2. The molecule has 278 valence electrons. The zero-order chi connectivity index (χ0) is 37.4. The maximum Gasteiger partial charge on any atom is 0.471 e. The van der Waals surface area contributed by atoms with Crippen molar-refractivity contribution in [3.63, 3.8) is 0 Å². The number of hydrogen-bond donors (Lipinski definition) is 3. The number of nitrogens with zero attached hydrogens (tertiary/aromatic N) is 4. The van der Waals surface area contributed by atoms with Gasteiger partial charge in [-0.05, 0) is 44.2 Å². The van der Waals surface area contributed by atoms with E-state index in [2.05, 4.69) is 35.5 Å². The number of carbonyl (C=O) groups is 5. The number of halogens is 3. The van der Waals surface area contributed by atoms with Gasteiger partial charge < -0.3 is 24.6 Å². The molecular weight excluding hydrogens is 691 g/mol. The van der Waals surface area contributed by atoms with E-state index in [0.29, 0.717) is 63.9 Å². The van der Waals surface area contributed by atoms with Crippen molar-refractivity contribution in [2.75, 3.05) is 57.9 Å². The van der Waals surface area contributed by atoms with Gasteiger partial charge in [0.1, 0.15) is 6.04 Å². The molecule has 0 saturated carbocycles. The molecule has 1 fully saturated rings. The van der Waals surface area contributed by atoms with Gasteiger partial charge in [0.2, 0.25) is 17.6 Å². The second-order valence-corrected chi connectivity index (χ2v) is 12.1. The van der Waals surface area contributed by atoms with Gasteiger partial charge in [0, 0.05) is 48.9 Å². The Morgan fingerprint density at radius 3 is 2.46 bits per heavy atom. The van der Waals surface area contributed by atoms with Crippen molar-refractivity contribution in [3.05, 3.63) is 65.0 Å². The Morgan fingerprint density at radius 2 is 1.79 bits per heavy atom. The van der Waals surface area contributed by atoms with Crippen molar-refractivity contribution < 1.29 is 51.1 Å². The lowest BCUT2D eigenvalue weighted by Gasteiger charge is -2.27. The first-order valence-electron chi connectivity index (χ1n) is 16.7. The average molecular weight is 730 g/mol. The van der Waals surface area contributed by atoms with Crippen molar-refractivity contribution in [3.8, 4) is 11.4 Å². The van der Waals surface area contributed by atoms with Crippen LogP contribution in [0, 0.1) is 0 Å². The second kappa shape index (κ2) is 16.9. The van der Waals surface area contributed by atoms with E-state index in [9.17, 15) is 37.1 Å². The fourth-order valence-electron chi connectivity index (χ4n) is 5.78.